The van der Waals surface area contributed by atoms with E-state index in [1.165, 1.54) is 12.4 Å². The summed E-state index contributed by atoms with van der Waals surface area (Å²) < 4.78 is 2.86. The van der Waals surface area contributed by atoms with Crippen molar-refractivity contribution < 1.29 is 4.79 Å². The molecule has 0 saturated heterocycles. The van der Waals surface area contributed by atoms with Gasteiger partial charge in [-0.2, -0.15) is 0 Å². The molecule has 2 aromatic heterocycles. The summed E-state index contributed by atoms with van der Waals surface area (Å²) in [7, 11) is 0. The number of rotatable bonds is 3. The van der Waals surface area contributed by atoms with Gasteiger partial charge in [-0.25, -0.2) is 9.97 Å². The number of hydrogen-bond acceptors (Lipinski definition) is 3. The van der Waals surface area contributed by atoms with Gasteiger partial charge in [-0.3, -0.25) is 4.79 Å². The first-order chi connectivity index (χ1) is 9.15. The van der Waals surface area contributed by atoms with Gasteiger partial charge in [0.2, 0.25) is 0 Å². The zero-order chi connectivity index (χ0) is 13.4. The lowest BCUT2D eigenvalue weighted by molar-refractivity contribution is 0.101. The standard InChI is InChI=1S/C12H10BrClN4O/c13-7-5-9(18(6-7)8-1-2-8)12(19)17-11-10(14)15-3-4-16-11/h3-6,8H,1-2H2,(H,16,17,19). The molecule has 5 nitrogen and oxygen atoms in total. The van der Waals surface area contributed by atoms with E-state index >= 15 is 0 Å². The van der Waals surface area contributed by atoms with Crippen molar-refractivity contribution in [3.63, 3.8) is 0 Å². The molecule has 0 aliphatic heterocycles. The lowest BCUT2D eigenvalue weighted by atomic mass is 10.4. The summed E-state index contributed by atoms with van der Waals surface area (Å²) in [5.41, 5.74) is 0.594. The molecule has 0 spiro atoms. The number of carbonyl (C=O) groups is 1. The number of anilines is 1. The molecule has 1 amide bonds. The van der Waals surface area contributed by atoms with Crippen molar-refractivity contribution in [2.24, 2.45) is 0 Å². The van der Waals surface area contributed by atoms with Crippen molar-refractivity contribution in [2.75, 3.05) is 5.32 Å². The Bertz CT molecular complexity index is 638. The molecule has 1 aliphatic rings. The molecule has 1 aliphatic carbocycles. The highest BCUT2D eigenvalue weighted by Crippen LogP contribution is 2.37. The Kier molecular flexibility index (Phi) is 3.28. The Morgan fingerprint density at radius 2 is 2.16 bits per heavy atom. The van der Waals surface area contributed by atoms with Crippen molar-refractivity contribution in [1.82, 2.24) is 14.5 Å². The van der Waals surface area contributed by atoms with E-state index in [0.717, 1.165) is 17.3 Å². The van der Waals surface area contributed by atoms with Crippen molar-refractivity contribution in [3.8, 4) is 0 Å². The Morgan fingerprint density at radius 3 is 2.84 bits per heavy atom. The summed E-state index contributed by atoms with van der Waals surface area (Å²) in [6, 6.07) is 2.21. The van der Waals surface area contributed by atoms with Crippen LogP contribution in [0.25, 0.3) is 0 Å². The zero-order valence-electron chi connectivity index (χ0n) is 9.81. The maximum Gasteiger partial charge on any atom is 0.273 e. The fourth-order valence-electron chi connectivity index (χ4n) is 1.86. The minimum absolute atomic E-state index is 0.180. The minimum Gasteiger partial charge on any atom is -0.339 e. The van der Waals surface area contributed by atoms with Crippen LogP contribution in [0, 0.1) is 0 Å². The summed E-state index contributed by atoms with van der Waals surface area (Å²) in [6.45, 7) is 0. The molecule has 0 atom stereocenters. The second-order valence-electron chi connectivity index (χ2n) is 4.33. The van der Waals surface area contributed by atoms with Crippen LogP contribution in [0.2, 0.25) is 5.15 Å². The van der Waals surface area contributed by atoms with E-state index in [1.807, 2.05) is 10.8 Å². The van der Waals surface area contributed by atoms with Crippen LogP contribution in [0.1, 0.15) is 29.4 Å². The van der Waals surface area contributed by atoms with Crippen LogP contribution in [0.3, 0.4) is 0 Å². The van der Waals surface area contributed by atoms with Crippen LogP contribution < -0.4 is 5.32 Å². The summed E-state index contributed by atoms with van der Waals surface area (Å²) in [6.07, 6.45) is 7.09. The summed E-state index contributed by atoms with van der Waals surface area (Å²) in [4.78, 5) is 20.1. The second kappa shape index (κ2) is 4.94. The minimum atomic E-state index is -0.236. The maximum atomic E-state index is 12.3. The van der Waals surface area contributed by atoms with Gasteiger partial charge in [-0.15, -0.1) is 0 Å². The number of aromatic nitrogens is 3. The highest BCUT2D eigenvalue weighted by Gasteiger charge is 2.28. The molecule has 0 aromatic carbocycles. The monoisotopic (exact) mass is 340 g/mol. The third-order valence-corrected chi connectivity index (χ3v) is 3.58. The molecular weight excluding hydrogens is 332 g/mol. The quantitative estimate of drug-likeness (QED) is 0.932. The van der Waals surface area contributed by atoms with Crippen LogP contribution >= 0.6 is 27.5 Å². The Hall–Kier alpha value is -1.40. The fraction of sp³-hybridized carbons (Fsp3) is 0.250. The summed E-state index contributed by atoms with van der Waals surface area (Å²) in [5.74, 6) is 0.0360. The number of nitrogens with one attached hydrogen (secondary N) is 1. The van der Waals surface area contributed by atoms with Crippen LogP contribution in [0.4, 0.5) is 5.82 Å². The number of hydrogen-bond donors (Lipinski definition) is 1. The molecule has 1 saturated carbocycles. The highest BCUT2D eigenvalue weighted by molar-refractivity contribution is 9.10. The Balaban J connectivity index is 1.86. The lowest BCUT2D eigenvalue weighted by Crippen LogP contribution is -2.17. The van der Waals surface area contributed by atoms with E-state index in [-0.39, 0.29) is 16.9 Å². The second-order valence-corrected chi connectivity index (χ2v) is 5.61. The molecule has 7 heteroatoms. The fourth-order valence-corrected chi connectivity index (χ4v) is 2.45. The van der Waals surface area contributed by atoms with Gasteiger partial charge < -0.3 is 9.88 Å². The van der Waals surface area contributed by atoms with Crippen LogP contribution in [0.5, 0.6) is 0 Å². The zero-order valence-corrected chi connectivity index (χ0v) is 12.1. The van der Waals surface area contributed by atoms with Gasteiger partial charge in [0.1, 0.15) is 5.69 Å². The molecular formula is C12H10BrClN4O. The number of halogens is 2. The van der Waals surface area contributed by atoms with Gasteiger partial charge in [0.15, 0.2) is 11.0 Å². The molecule has 19 heavy (non-hydrogen) atoms. The molecule has 0 bridgehead atoms. The van der Waals surface area contributed by atoms with Crippen LogP contribution in [0.15, 0.2) is 29.1 Å². The maximum absolute atomic E-state index is 12.3. The van der Waals surface area contributed by atoms with E-state index in [9.17, 15) is 4.79 Å². The van der Waals surface area contributed by atoms with Gasteiger partial charge in [0, 0.05) is 29.1 Å². The van der Waals surface area contributed by atoms with Crippen molar-refractivity contribution in [1.29, 1.82) is 0 Å². The number of carbonyl (C=O) groups excluding carboxylic acids is 1. The first-order valence-corrected chi connectivity index (χ1v) is 6.97. The van der Waals surface area contributed by atoms with Crippen molar-refractivity contribution >= 4 is 39.3 Å². The third kappa shape index (κ3) is 2.64. The van der Waals surface area contributed by atoms with E-state index < -0.39 is 0 Å². The van der Waals surface area contributed by atoms with Crippen LogP contribution in [-0.2, 0) is 0 Å². The summed E-state index contributed by atoms with van der Waals surface area (Å²) >= 11 is 9.26. The smallest absolute Gasteiger partial charge is 0.273 e. The molecule has 2 heterocycles. The van der Waals surface area contributed by atoms with Crippen molar-refractivity contribution in [3.05, 3.63) is 40.0 Å². The first-order valence-electron chi connectivity index (χ1n) is 5.80. The SMILES string of the molecule is O=C(Nc1nccnc1Cl)c1cc(Br)cn1C1CC1. The van der Waals surface area contributed by atoms with Crippen molar-refractivity contribution in [2.45, 2.75) is 18.9 Å². The molecule has 98 valence electrons. The molecule has 0 radical (unpaired) electrons. The topological polar surface area (TPSA) is 59.8 Å². The van der Waals surface area contributed by atoms with Gasteiger partial charge in [0.25, 0.3) is 5.91 Å². The van der Waals surface area contributed by atoms with Gasteiger partial charge >= 0.3 is 0 Å². The van der Waals surface area contributed by atoms with Crippen LogP contribution in [-0.4, -0.2) is 20.4 Å². The number of nitrogens with zero attached hydrogens (tertiary/aromatic N) is 3. The van der Waals surface area contributed by atoms with E-state index in [1.54, 1.807) is 6.07 Å². The first kappa shape index (κ1) is 12.6. The predicted molar refractivity (Wildman–Crippen MR) is 75.4 cm³/mol. The van der Waals surface area contributed by atoms with Gasteiger partial charge in [-0.05, 0) is 34.8 Å². The predicted octanol–water partition coefficient (Wildman–Crippen LogP) is 3.28. The van der Waals surface area contributed by atoms with E-state index in [0.29, 0.717) is 11.7 Å². The summed E-state index contributed by atoms with van der Waals surface area (Å²) in [5, 5.41) is 2.86. The molecule has 0 unspecified atom stereocenters. The lowest BCUT2D eigenvalue weighted by Gasteiger charge is -2.08. The average Bonchev–Trinajstić information content (AvgIpc) is 3.15. The molecule has 1 fully saturated rings. The van der Waals surface area contributed by atoms with Gasteiger partial charge in [-0.1, -0.05) is 11.6 Å². The molecule has 2 aromatic rings. The molecule has 1 N–H and O–H groups in total. The normalized spacial score (nSPS) is 14.4. The van der Waals surface area contributed by atoms with E-state index in [4.69, 9.17) is 11.6 Å². The third-order valence-electron chi connectivity index (χ3n) is 2.87. The highest BCUT2D eigenvalue weighted by atomic mass is 79.9. The van der Waals surface area contributed by atoms with E-state index in [2.05, 4.69) is 31.2 Å². The molecule has 3 rings (SSSR count). The Morgan fingerprint density at radius 1 is 1.42 bits per heavy atom. The number of amides is 1. The largest absolute Gasteiger partial charge is 0.339 e. The Labute approximate surface area is 123 Å². The average molecular weight is 342 g/mol. The van der Waals surface area contributed by atoms with Gasteiger partial charge in [0.05, 0.1) is 0 Å².